The van der Waals surface area contributed by atoms with Crippen molar-refractivity contribution in [3.05, 3.63) is 12.4 Å². The molecule has 0 radical (unpaired) electrons. The zero-order chi connectivity index (χ0) is 12.9. The molecule has 2 saturated carbocycles. The molecule has 3 rings (SSSR count). The summed E-state index contributed by atoms with van der Waals surface area (Å²) < 4.78 is 0. The van der Waals surface area contributed by atoms with Crippen LogP contribution in [0.2, 0.25) is 0 Å². The smallest absolute Gasteiger partial charge is 0.131 e. The largest absolute Gasteiger partial charge is 0.370 e. The molecule has 0 spiro atoms. The van der Waals surface area contributed by atoms with Crippen LogP contribution in [0.15, 0.2) is 12.4 Å². The van der Waals surface area contributed by atoms with Crippen LogP contribution in [0.1, 0.15) is 44.9 Å². The maximum Gasteiger partial charge on any atom is 0.131 e. The molecule has 2 fully saturated rings. The van der Waals surface area contributed by atoms with Crippen LogP contribution in [-0.2, 0) is 0 Å². The molecule has 0 aromatic carbocycles. The summed E-state index contributed by atoms with van der Waals surface area (Å²) in [6.07, 6.45) is 11.3. The van der Waals surface area contributed by atoms with E-state index in [1.54, 1.807) is 6.33 Å². The molecule has 1 aromatic heterocycles. The predicted octanol–water partition coefficient (Wildman–Crippen LogP) is 3.29. The van der Waals surface area contributed by atoms with E-state index in [2.05, 4.69) is 20.6 Å². The standard InChI is InChI=1S/C15H24N4/c1(3-12-4-5-12)2-8-16-14-9-15(19-11-18-14)17-10-13-6-7-13/h9,11-13H,1-8,10H2,(H2,16,17,18,19). The molecular formula is C15H24N4. The third-order valence-corrected chi connectivity index (χ3v) is 3.98. The molecule has 2 aliphatic rings. The zero-order valence-corrected chi connectivity index (χ0v) is 11.6. The van der Waals surface area contributed by atoms with Gasteiger partial charge in [-0.15, -0.1) is 0 Å². The number of aromatic nitrogens is 2. The van der Waals surface area contributed by atoms with Gasteiger partial charge in [0.1, 0.15) is 18.0 Å². The Labute approximate surface area is 115 Å². The Morgan fingerprint density at radius 1 is 0.947 bits per heavy atom. The van der Waals surface area contributed by atoms with Gasteiger partial charge in [-0.05, 0) is 31.1 Å². The summed E-state index contributed by atoms with van der Waals surface area (Å²) in [6, 6.07) is 2.02. The van der Waals surface area contributed by atoms with Crippen molar-refractivity contribution in [3.63, 3.8) is 0 Å². The third-order valence-electron chi connectivity index (χ3n) is 3.98. The van der Waals surface area contributed by atoms with Crippen molar-refractivity contribution in [2.24, 2.45) is 11.8 Å². The molecule has 0 atom stereocenters. The molecule has 19 heavy (non-hydrogen) atoms. The second kappa shape index (κ2) is 6.22. The molecule has 2 N–H and O–H groups in total. The summed E-state index contributed by atoms with van der Waals surface area (Å²) in [6.45, 7) is 2.07. The highest BCUT2D eigenvalue weighted by atomic mass is 15.1. The van der Waals surface area contributed by atoms with Gasteiger partial charge in [-0.1, -0.05) is 25.7 Å². The number of hydrogen-bond acceptors (Lipinski definition) is 4. The first-order valence-corrected chi connectivity index (χ1v) is 7.70. The van der Waals surface area contributed by atoms with Gasteiger partial charge < -0.3 is 10.6 Å². The first kappa shape index (κ1) is 12.7. The van der Waals surface area contributed by atoms with E-state index >= 15 is 0 Å². The summed E-state index contributed by atoms with van der Waals surface area (Å²) in [5.74, 6) is 3.81. The van der Waals surface area contributed by atoms with Crippen LogP contribution in [0.25, 0.3) is 0 Å². The Hall–Kier alpha value is -1.32. The Balaban J connectivity index is 1.35. The van der Waals surface area contributed by atoms with Crippen molar-refractivity contribution in [1.82, 2.24) is 9.97 Å². The van der Waals surface area contributed by atoms with Gasteiger partial charge in [-0.25, -0.2) is 9.97 Å². The van der Waals surface area contributed by atoms with Crippen molar-refractivity contribution in [2.75, 3.05) is 23.7 Å². The lowest BCUT2D eigenvalue weighted by molar-refractivity contribution is 0.642. The number of rotatable bonds is 9. The lowest BCUT2D eigenvalue weighted by Gasteiger charge is -2.08. The molecule has 2 aliphatic carbocycles. The lowest BCUT2D eigenvalue weighted by atomic mass is 10.2. The third kappa shape index (κ3) is 4.69. The minimum absolute atomic E-state index is 0.869. The Morgan fingerprint density at radius 3 is 2.42 bits per heavy atom. The first-order valence-electron chi connectivity index (χ1n) is 7.70. The van der Waals surface area contributed by atoms with E-state index in [4.69, 9.17) is 0 Å². The number of hydrogen-bond donors (Lipinski definition) is 2. The zero-order valence-electron chi connectivity index (χ0n) is 11.6. The SMILES string of the molecule is c1nc(NCCCCC2CC2)cc(NCC2CC2)n1. The summed E-state index contributed by atoms with van der Waals surface area (Å²) in [4.78, 5) is 8.52. The Bertz CT molecular complexity index is 399. The van der Waals surface area contributed by atoms with Crippen LogP contribution in [0.3, 0.4) is 0 Å². The minimum Gasteiger partial charge on any atom is -0.370 e. The highest BCUT2D eigenvalue weighted by Gasteiger charge is 2.21. The fourth-order valence-electron chi connectivity index (χ4n) is 2.30. The number of unbranched alkanes of at least 4 members (excludes halogenated alkanes) is 1. The topological polar surface area (TPSA) is 49.8 Å². The Kier molecular flexibility index (Phi) is 4.16. The van der Waals surface area contributed by atoms with Crippen LogP contribution in [0.4, 0.5) is 11.6 Å². The highest BCUT2D eigenvalue weighted by molar-refractivity contribution is 5.46. The molecule has 104 valence electrons. The Morgan fingerprint density at radius 2 is 1.68 bits per heavy atom. The van der Waals surface area contributed by atoms with E-state index in [1.165, 1.54) is 44.9 Å². The molecule has 0 unspecified atom stereocenters. The van der Waals surface area contributed by atoms with Crippen molar-refractivity contribution in [3.8, 4) is 0 Å². The minimum atomic E-state index is 0.869. The second-order valence-corrected chi connectivity index (χ2v) is 5.98. The van der Waals surface area contributed by atoms with Gasteiger partial charge in [-0.2, -0.15) is 0 Å². The molecule has 4 nitrogen and oxygen atoms in total. The second-order valence-electron chi connectivity index (χ2n) is 5.98. The number of anilines is 2. The molecule has 4 heteroatoms. The van der Waals surface area contributed by atoms with Gasteiger partial charge in [-0.3, -0.25) is 0 Å². The highest BCUT2D eigenvalue weighted by Crippen LogP contribution is 2.33. The molecule has 0 aliphatic heterocycles. The quantitative estimate of drug-likeness (QED) is 0.669. The van der Waals surface area contributed by atoms with Crippen LogP contribution in [-0.4, -0.2) is 23.1 Å². The first-order chi connectivity index (χ1) is 9.40. The summed E-state index contributed by atoms with van der Waals surface area (Å²) in [7, 11) is 0. The van der Waals surface area contributed by atoms with E-state index < -0.39 is 0 Å². The summed E-state index contributed by atoms with van der Waals surface area (Å²) in [5, 5.41) is 6.77. The number of nitrogens with zero attached hydrogens (tertiary/aromatic N) is 2. The van der Waals surface area contributed by atoms with Gasteiger partial charge >= 0.3 is 0 Å². The average molecular weight is 260 g/mol. The van der Waals surface area contributed by atoms with Crippen molar-refractivity contribution < 1.29 is 0 Å². The van der Waals surface area contributed by atoms with Crippen LogP contribution < -0.4 is 10.6 Å². The van der Waals surface area contributed by atoms with Crippen molar-refractivity contribution >= 4 is 11.6 Å². The van der Waals surface area contributed by atoms with Gasteiger partial charge in [0.25, 0.3) is 0 Å². The maximum atomic E-state index is 4.26. The van der Waals surface area contributed by atoms with E-state index in [1.807, 2.05) is 6.07 Å². The van der Waals surface area contributed by atoms with Gasteiger partial charge in [0.2, 0.25) is 0 Å². The fraction of sp³-hybridized carbons (Fsp3) is 0.733. The molecule has 0 bridgehead atoms. The van der Waals surface area contributed by atoms with Crippen LogP contribution in [0, 0.1) is 11.8 Å². The van der Waals surface area contributed by atoms with Gasteiger partial charge in [0.15, 0.2) is 0 Å². The van der Waals surface area contributed by atoms with E-state index in [-0.39, 0.29) is 0 Å². The normalized spacial score (nSPS) is 18.3. The van der Waals surface area contributed by atoms with Gasteiger partial charge in [0.05, 0.1) is 0 Å². The lowest BCUT2D eigenvalue weighted by Crippen LogP contribution is -2.08. The number of nitrogens with one attached hydrogen (secondary N) is 2. The average Bonchev–Trinajstić information content (AvgIpc) is 3.30. The molecule has 1 heterocycles. The molecular weight excluding hydrogens is 236 g/mol. The van der Waals surface area contributed by atoms with Crippen LogP contribution >= 0.6 is 0 Å². The fourth-order valence-corrected chi connectivity index (χ4v) is 2.30. The van der Waals surface area contributed by atoms with Crippen molar-refractivity contribution in [1.29, 1.82) is 0 Å². The monoisotopic (exact) mass is 260 g/mol. The van der Waals surface area contributed by atoms with E-state index in [0.29, 0.717) is 0 Å². The summed E-state index contributed by atoms with van der Waals surface area (Å²) in [5.41, 5.74) is 0. The molecule has 0 saturated heterocycles. The predicted molar refractivity (Wildman–Crippen MR) is 78.3 cm³/mol. The van der Waals surface area contributed by atoms with E-state index in [9.17, 15) is 0 Å². The maximum absolute atomic E-state index is 4.26. The molecule has 0 amide bonds. The molecule has 1 aromatic rings. The summed E-state index contributed by atoms with van der Waals surface area (Å²) >= 11 is 0. The van der Waals surface area contributed by atoms with Gasteiger partial charge in [0, 0.05) is 19.2 Å². The van der Waals surface area contributed by atoms with Crippen molar-refractivity contribution in [2.45, 2.75) is 44.9 Å². The van der Waals surface area contributed by atoms with E-state index in [0.717, 1.165) is 36.6 Å². The van der Waals surface area contributed by atoms with Crippen LogP contribution in [0.5, 0.6) is 0 Å².